The van der Waals surface area contributed by atoms with Crippen LogP contribution < -0.4 is 5.32 Å². The van der Waals surface area contributed by atoms with E-state index in [4.69, 9.17) is 20.8 Å². The van der Waals surface area contributed by atoms with Gasteiger partial charge in [0.2, 0.25) is 0 Å². The van der Waals surface area contributed by atoms with Crippen LogP contribution in [-0.4, -0.2) is 33.2 Å². The van der Waals surface area contributed by atoms with Gasteiger partial charge in [0, 0.05) is 12.3 Å². The van der Waals surface area contributed by atoms with E-state index in [1.165, 1.54) is 24.3 Å². The van der Waals surface area contributed by atoms with E-state index in [9.17, 15) is 18.0 Å². The summed E-state index contributed by atoms with van der Waals surface area (Å²) in [4.78, 5) is 23.4. The monoisotopic (exact) mass is 461 g/mol. The van der Waals surface area contributed by atoms with Crippen molar-refractivity contribution in [2.45, 2.75) is 4.90 Å². The highest BCUT2D eigenvalue weighted by molar-refractivity contribution is 9.10. The first kappa shape index (κ1) is 20.2. The van der Waals surface area contributed by atoms with Crippen molar-refractivity contribution in [2.24, 2.45) is 0 Å². The molecule has 10 heteroatoms. The molecule has 0 aliphatic heterocycles. The molecule has 1 aromatic heterocycles. The molecule has 7 nitrogen and oxygen atoms in total. The molecule has 1 N–H and O–H groups in total. The molecular formula is C16H13BrClNO6S. The second-order valence-corrected chi connectivity index (χ2v) is 8.25. The molecule has 0 aliphatic carbocycles. The fourth-order valence-electron chi connectivity index (χ4n) is 1.77. The van der Waals surface area contributed by atoms with Crippen LogP contribution >= 0.6 is 27.5 Å². The van der Waals surface area contributed by atoms with Crippen molar-refractivity contribution in [1.82, 2.24) is 0 Å². The maximum absolute atomic E-state index is 11.9. The number of amides is 1. The standard InChI is InChI=1S/C16H13BrClNO6S/c1-26(22,23)11-4-5-12(18)13(8-11)19-15(20)9-24-16(21)7-3-10-2-6-14(17)25-10/h2-8H,9H2,1H3,(H,19,20)/b7-3+. The Morgan fingerprint density at radius 2 is 2.04 bits per heavy atom. The number of esters is 1. The molecule has 1 heterocycles. The van der Waals surface area contributed by atoms with E-state index in [0.29, 0.717) is 10.4 Å². The Morgan fingerprint density at radius 3 is 2.65 bits per heavy atom. The summed E-state index contributed by atoms with van der Waals surface area (Å²) in [5.74, 6) is -0.980. The van der Waals surface area contributed by atoms with Crippen LogP contribution in [-0.2, 0) is 24.2 Å². The zero-order valence-corrected chi connectivity index (χ0v) is 16.5. The molecule has 138 valence electrons. The molecule has 0 saturated heterocycles. The van der Waals surface area contributed by atoms with E-state index in [0.717, 1.165) is 12.3 Å². The lowest BCUT2D eigenvalue weighted by atomic mass is 10.3. The van der Waals surface area contributed by atoms with Gasteiger partial charge < -0.3 is 14.5 Å². The normalized spacial score (nSPS) is 11.5. The van der Waals surface area contributed by atoms with Gasteiger partial charge >= 0.3 is 5.97 Å². The summed E-state index contributed by atoms with van der Waals surface area (Å²) in [5, 5.41) is 2.55. The third kappa shape index (κ3) is 6.01. The highest BCUT2D eigenvalue weighted by Gasteiger charge is 2.13. The lowest BCUT2D eigenvalue weighted by molar-refractivity contribution is -0.142. The van der Waals surface area contributed by atoms with Crippen molar-refractivity contribution in [1.29, 1.82) is 0 Å². The largest absolute Gasteiger partial charge is 0.452 e. The summed E-state index contributed by atoms with van der Waals surface area (Å²) < 4.78 is 33.6. The summed E-state index contributed by atoms with van der Waals surface area (Å²) in [7, 11) is -3.45. The van der Waals surface area contributed by atoms with Crippen molar-refractivity contribution >= 4 is 61.0 Å². The van der Waals surface area contributed by atoms with E-state index < -0.39 is 28.3 Å². The molecule has 2 rings (SSSR count). The van der Waals surface area contributed by atoms with Crippen molar-refractivity contribution in [3.8, 4) is 0 Å². The van der Waals surface area contributed by atoms with Gasteiger partial charge in [-0.15, -0.1) is 0 Å². The Labute approximate surface area is 163 Å². The second-order valence-electron chi connectivity index (χ2n) is 5.04. The molecule has 26 heavy (non-hydrogen) atoms. The van der Waals surface area contributed by atoms with Gasteiger partial charge in [-0.1, -0.05) is 11.6 Å². The Kier molecular flexibility index (Phi) is 6.63. The molecule has 2 aromatic rings. The van der Waals surface area contributed by atoms with E-state index in [-0.39, 0.29) is 15.6 Å². The Balaban J connectivity index is 1.92. The zero-order chi connectivity index (χ0) is 19.3. The fourth-order valence-corrected chi connectivity index (χ4v) is 2.90. The number of rotatable bonds is 6. The summed E-state index contributed by atoms with van der Waals surface area (Å²) >= 11 is 9.06. The minimum atomic E-state index is -3.45. The van der Waals surface area contributed by atoms with Crippen molar-refractivity contribution < 1.29 is 27.2 Å². The number of carbonyl (C=O) groups excluding carboxylic acids is 2. The maximum atomic E-state index is 11.9. The van der Waals surface area contributed by atoms with Crippen LogP contribution in [0.25, 0.3) is 6.08 Å². The molecule has 0 atom stereocenters. The summed E-state index contributed by atoms with van der Waals surface area (Å²) in [6, 6.07) is 7.20. The van der Waals surface area contributed by atoms with E-state index in [1.54, 1.807) is 12.1 Å². The van der Waals surface area contributed by atoms with Gasteiger partial charge in [0.25, 0.3) is 5.91 Å². The average Bonchev–Trinajstić information content (AvgIpc) is 2.97. The van der Waals surface area contributed by atoms with Gasteiger partial charge in [0.15, 0.2) is 21.1 Å². The van der Waals surface area contributed by atoms with E-state index in [1.807, 2.05) is 0 Å². The molecule has 0 bridgehead atoms. The number of ether oxygens (including phenoxy) is 1. The van der Waals surface area contributed by atoms with Gasteiger partial charge in [0.1, 0.15) is 5.76 Å². The predicted molar refractivity (Wildman–Crippen MR) is 99.6 cm³/mol. The Bertz CT molecular complexity index is 967. The fraction of sp³-hybridized carbons (Fsp3) is 0.125. The molecule has 0 fully saturated rings. The number of anilines is 1. The number of sulfone groups is 1. The van der Waals surface area contributed by atoms with Gasteiger partial charge in [-0.2, -0.15) is 0 Å². The number of halogens is 2. The highest BCUT2D eigenvalue weighted by atomic mass is 79.9. The molecule has 0 unspecified atom stereocenters. The molecule has 1 amide bonds. The van der Waals surface area contributed by atoms with Crippen molar-refractivity contribution in [3.63, 3.8) is 0 Å². The van der Waals surface area contributed by atoms with E-state index in [2.05, 4.69) is 21.2 Å². The number of hydrogen-bond acceptors (Lipinski definition) is 6. The van der Waals surface area contributed by atoms with Gasteiger partial charge in [-0.25, -0.2) is 13.2 Å². The molecule has 1 aromatic carbocycles. The lowest BCUT2D eigenvalue weighted by Crippen LogP contribution is -2.20. The first-order valence-corrected chi connectivity index (χ1v) is 10.1. The Morgan fingerprint density at radius 1 is 1.31 bits per heavy atom. The lowest BCUT2D eigenvalue weighted by Gasteiger charge is -2.09. The third-order valence-corrected chi connectivity index (χ3v) is 4.83. The minimum absolute atomic E-state index is 0.00161. The SMILES string of the molecule is CS(=O)(=O)c1ccc(Cl)c(NC(=O)COC(=O)/C=C/c2ccc(Br)o2)c1. The van der Waals surface area contributed by atoms with Gasteiger partial charge in [0.05, 0.1) is 15.6 Å². The molecule has 0 radical (unpaired) electrons. The quantitative estimate of drug-likeness (QED) is 0.522. The molecular weight excluding hydrogens is 450 g/mol. The molecule has 0 spiro atoms. The zero-order valence-electron chi connectivity index (χ0n) is 13.4. The van der Waals surface area contributed by atoms with Crippen LogP contribution in [0.2, 0.25) is 5.02 Å². The van der Waals surface area contributed by atoms with Crippen LogP contribution in [0, 0.1) is 0 Å². The first-order chi connectivity index (χ1) is 12.1. The topological polar surface area (TPSA) is 103 Å². The predicted octanol–water partition coefficient (Wildman–Crippen LogP) is 3.29. The molecule has 0 saturated carbocycles. The second kappa shape index (κ2) is 8.52. The Hall–Kier alpha value is -2.10. The smallest absolute Gasteiger partial charge is 0.331 e. The summed E-state index contributed by atoms with van der Waals surface area (Å²) in [5.41, 5.74) is 0.103. The van der Waals surface area contributed by atoms with Crippen LogP contribution in [0.5, 0.6) is 0 Å². The van der Waals surface area contributed by atoms with Crippen LogP contribution in [0.15, 0.2) is 50.4 Å². The van der Waals surface area contributed by atoms with E-state index >= 15 is 0 Å². The first-order valence-electron chi connectivity index (χ1n) is 7.05. The highest BCUT2D eigenvalue weighted by Crippen LogP contribution is 2.25. The number of furan rings is 1. The van der Waals surface area contributed by atoms with Gasteiger partial charge in [-0.05, 0) is 52.3 Å². The van der Waals surface area contributed by atoms with Crippen LogP contribution in [0.4, 0.5) is 5.69 Å². The summed E-state index contributed by atoms with van der Waals surface area (Å²) in [6.07, 6.45) is 3.53. The maximum Gasteiger partial charge on any atom is 0.331 e. The molecule has 0 aliphatic rings. The number of nitrogens with one attached hydrogen (secondary N) is 1. The minimum Gasteiger partial charge on any atom is -0.452 e. The van der Waals surface area contributed by atoms with Crippen LogP contribution in [0.1, 0.15) is 5.76 Å². The third-order valence-electron chi connectivity index (χ3n) is 2.96. The van der Waals surface area contributed by atoms with Crippen molar-refractivity contribution in [3.05, 3.63) is 51.9 Å². The summed E-state index contributed by atoms with van der Waals surface area (Å²) in [6.45, 7) is -0.565. The average molecular weight is 463 g/mol. The number of carbonyl (C=O) groups is 2. The number of benzene rings is 1. The van der Waals surface area contributed by atoms with Crippen LogP contribution in [0.3, 0.4) is 0 Å². The van der Waals surface area contributed by atoms with Crippen molar-refractivity contribution in [2.75, 3.05) is 18.2 Å². The van der Waals surface area contributed by atoms with Gasteiger partial charge in [-0.3, -0.25) is 4.79 Å². The number of hydrogen-bond donors (Lipinski definition) is 1.